The van der Waals surface area contributed by atoms with E-state index in [9.17, 15) is 4.79 Å². The average molecular weight is 269 g/mol. The monoisotopic (exact) mass is 268 g/mol. The molecule has 0 saturated carbocycles. The van der Waals surface area contributed by atoms with E-state index in [2.05, 4.69) is 5.32 Å². The van der Waals surface area contributed by atoms with Gasteiger partial charge in [0, 0.05) is 30.4 Å². The Balaban J connectivity index is 2.25. The van der Waals surface area contributed by atoms with Crippen LogP contribution in [0, 0.1) is 0 Å². The number of carbonyl (C=O) groups excluding carboxylic acids is 1. The van der Waals surface area contributed by atoms with Gasteiger partial charge in [-0.15, -0.1) is 0 Å². The van der Waals surface area contributed by atoms with Crippen LogP contribution < -0.4 is 10.2 Å². The minimum absolute atomic E-state index is 0.00216. The van der Waals surface area contributed by atoms with Crippen LogP contribution in [-0.4, -0.2) is 36.8 Å². The number of hydrogen-bond donors (Lipinski definition) is 2. The Labute approximate surface area is 112 Å². The summed E-state index contributed by atoms with van der Waals surface area (Å²) in [7, 11) is 0. The number of aliphatic hydroxyl groups excluding tert-OH is 1. The molecule has 0 aliphatic carbocycles. The van der Waals surface area contributed by atoms with Crippen molar-refractivity contribution in [3.05, 3.63) is 29.3 Å². The second kappa shape index (κ2) is 6.07. The summed E-state index contributed by atoms with van der Waals surface area (Å²) in [6, 6.07) is 7.14. The number of nitrogens with zero attached hydrogens (tertiary/aromatic N) is 1. The molecule has 1 fully saturated rings. The summed E-state index contributed by atoms with van der Waals surface area (Å²) in [5.41, 5.74) is 0.968. The van der Waals surface area contributed by atoms with E-state index in [0.29, 0.717) is 18.0 Å². The lowest BCUT2D eigenvalue weighted by atomic mass is 10.1. The molecule has 1 atom stereocenters. The lowest BCUT2D eigenvalue weighted by molar-refractivity contribution is -0.122. The topological polar surface area (TPSA) is 52.6 Å². The van der Waals surface area contributed by atoms with E-state index in [1.807, 2.05) is 29.2 Å². The molecule has 4 nitrogen and oxygen atoms in total. The highest BCUT2D eigenvalue weighted by molar-refractivity contribution is 6.30. The van der Waals surface area contributed by atoms with E-state index in [4.69, 9.17) is 16.7 Å². The van der Waals surface area contributed by atoms with E-state index < -0.39 is 0 Å². The summed E-state index contributed by atoms with van der Waals surface area (Å²) < 4.78 is 0. The average Bonchev–Trinajstić information content (AvgIpc) is 2.54. The Morgan fingerprint density at radius 1 is 1.39 bits per heavy atom. The van der Waals surface area contributed by atoms with Crippen LogP contribution in [-0.2, 0) is 4.79 Å². The van der Waals surface area contributed by atoms with Crippen molar-refractivity contribution in [1.29, 1.82) is 0 Å². The molecule has 2 N–H and O–H groups in total. The summed E-state index contributed by atoms with van der Waals surface area (Å²) in [6.45, 7) is 1.48. The van der Waals surface area contributed by atoms with Crippen LogP contribution >= 0.6 is 11.6 Å². The van der Waals surface area contributed by atoms with Crippen LogP contribution in [0.5, 0.6) is 0 Å². The third-order valence-electron chi connectivity index (χ3n) is 3.11. The van der Waals surface area contributed by atoms with Gasteiger partial charge in [0.1, 0.15) is 6.04 Å². The van der Waals surface area contributed by atoms with Crippen molar-refractivity contribution in [3.8, 4) is 0 Å². The number of rotatable bonds is 3. The number of anilines is 1. The lowest BCUT2D eigenvalue weighted by Gasteiger charge is -2.30. The van der Waals surface area contributed by atoms with Gasteiger partial charge in [-0.3, -0.25) is 4.79 Å². The van der Waals surface area contributed by atoms with Gasteiger partial charge < -0.3 is 15.3 Å². The van der Waals surface area contributed by atoms with Crippen LogP contribution in [0.3, 0.4) is 0 Å². The first-order chi connectivity index (χ1) is 8.72. The molecule has 1 aliphatic heterocycles. The van der Waals surface area contributed by atoms with Gasteiger partial charge in [0.05, 0.1) is 0 Å². The molecule has 0 spiro atoms. The van der Waals surface area contributed by atoms with Crippen LogP contribution in [0.15, 0.2) is 24.3 Å². The number of nitrogens with one attached hydrogen (secondary N) is 1. The van der Waals surface area contributed by atoms with Crippen molar-refractivity contribution < 1.29 is 9.90 Å². The highest BCUT2D eigenvalue weighted by Gasteiger charge is 2.27. The van der Waals surface area contributed by atoms with Gasteiger partial charge in [0.2, 0.25) is 5.91 Å². The zero-order valence-electron chi connectivity index (χ0n) is 10.1. The molecule has 1 amide bonds. The lowest BCUT2D eigenvalue weighted by Crippen LogP contribution is -2.45. The molecule has 2 rings (SSSR count). The molecule has 1 aromatic carbocycles. The number of benzene rings is 1. The smallest absolute Gasteiger partial charge is 0.242 e. The largest absolute Gasteiger partial charge is 0.396 e. The quantitative estimate of drug-likeness (QED) is 0.872. The van der Waals surface area contributed by atoms with Crippen LogP contribution in [0.25, 0.3) is 0 Å². The van der Waals surface area contributed by atoms with Gasteiger partial charge >= 0.3 is 0 Å². The van der Waals surface area contributed by atoms with Gasteiger partial charge in [0.15, 0.2) is 0 Å². The predicted molar refractivity (Wildman–Crippen MR) is 71.9 cm³/mol. The molecular formula is C13H17ClN2O2. The molecule has 0 bridgehead atoms. The molecule has 18 heavy (non-hydrogen) atoms. The second-order valence-corrected chi connectivity index (χ2v) is 4.78. The van der Waals surface area contributed by atoms with Gasteiger partial charge in [-0.05, 0) is 37.1 Å². The number of aliphatic hydroxyl groups is 1. The van der Waals surface area contributed by atoms with Crippen molar-refractivity contribution in [2.24, 2.45) is 0 Å². The highest BCUT2D eigenvalue weighted by Crippen LogP contribution is 2.22. The van der Waals surface area contributed by atoms with Crippen molar-refractivity contribution >= 4 is 23.2 Å². The Morgan fingerprint density at radius 2 is 2.11 bits per heavy atom. The number of carbonyl (C=O) groups is 1. The Morgan fingerprint density at radius 3 is 2.78 bits per heavy atom. The van der Waals surface area contributed by atoms with Crippen molar-refractivity contribution in [1.82, 2.24) is 5.32 Å². The molecular weight excluding hydrogens is 252 g/mol. The maximum atomic E-state index is 12.0. The maximum absolute atomic E-state index is 12.0. The Bertz CT molecular complexity index is 408. The Kier molecular flexibility index (Phi) is 4.44. The first-order valence-electron chi connectivity index (χ1n) is 6.13. The molecule has 1 aliphatic rings. The summed E-state index contributed by atoms with van der Waals surface area (Å²) in [4.78, 5) is 14.0. The van der Waals surface area contributed by atoms with Crippen molar-refractivity contribution in [3.63, 3.8) is 0 Å². The SMILES string of the molecule is O=C1NCCCN(c2ccc(Cl)cc2)C1CCO. The van der Waals surface area contributed by atoms with Crippen molar-refractivity contribution in [2.75, 3.05) is 24.6 Å². The van der Waals surface area contributed by atoms with E-state index in [1.54, 1.807) is 0 Å². The first kappa shape index (κ1) is 13.2. The molecule has 0 radical (unpaired) electrons. The molecule has 0 aromatic heterocycles. The van der Waals surface area contributed by atoms with Gasteiger partial charge in [-0.1, -0.05) is 11.6 Å². The predicted octanol–water partition coefficient (Wildman–Crippen LogP) is 1.42. The van der Waals surface area contributed by atoms with Crippen LogP contribution in [0.1, 0.15) is 12.8 Å². The van der Waals surface area contributed by atoms with E-state index in [1.165, 1.54) is 0 Å². The summed E-state index contributed by atoms with van der Waals surface area (Å²) in [5, 5.41) is 12.7. The molecule has 1 aromatic rings. The van der Waals surface area contributed by atoms with Crippen LogP contribution in [0.2, 0.25) is 5.02 Å². The normalized spacial score (nSPS) is 20.4. The fourth-order valence-electron chi connectivity index (χ4n) is 2.23. The minimum atomic E-state index is -0.307. The highest BCUT2D eigenvalue weighted by atomic mass is 35.5. The number of hydrogen-bond acceptors (Lipinski definition) is 3. The Hall–Kier alpha value is -1.26. The first-order valence-corrected chi connectivity index (χ1v) is 6.51. The summed E-state index contributed by atoms with van der Waals surface area (Å²) >= 11 is 5.87. The number of amides is 1. The van der Waals surface area contributed by atoms with E-state index >= 15 is 0 Å². The fourth-order valence-corrected chi connectivity index (χ4v) is 2.35. The third-order valence-corrected chi connectivity index (χ3v) is 3.37. The van der Waals surface area contributed by atoms with Gasteiger partial charge in [-0.2, -0.15) is 0 Å². The van der Waals surface area contributed by atoms with E-state index in [0.717, 1.165) is 18.7 Å². The zero-order chi connectivity index (χ0) is 13.0. The zero-order valence-corrected chi connectivity index (χ0v) is 10.9. The fraction of sp³-hybridized carbons (Fsp3) is 0.462. The second-order valence-electron chi connectivity index (χ2n) is 4.34. The van der Waals surface area contributed by atoms with Gasteiger partial charge in [0.25, 0.3) is 0 Å². The molecule has 1 heterocycles. The van der Waals surface area contributed by atoms with Crippen LogP contribution in [0.4, 0.5) is 5.69 Å². The molecule has 1 unspecified atom stereocenters. The minimum Gasteiger partial charge on any atom is -0.396 e. The van der Waals surface area contributed by atoms with Crippen molar-refractivity contribution in [2.45, 2.75) is 18.9 Å². The molecule has 1 saturated heterocycles. The summed E-state index contributed by atoms with van der Waals surface area (Å²) in [6.07, 6.45) is 1.34. The van der Waals surface area contributed by atoms with E-state index in [-0.39, 0.29) is 18.6 Å². The van der Waals surface area contributed by atoms with Gasteiger partial charge in [-0.25, -0.2) is 0 Å². The molecule has 5 heteroatoms. The number of halogens is 1. The standard InChI is InChI=1S/C13H17ClN2O2/c14-10-2-4-11(5-3-10)16-8-1-7-15-13(18)12(16)6-9-17/h2-5,12,17H,1,6-9H2,(H,15,18). The third kappa shape index (κ3) is 2.94. The molecule has 98 valence electrons. The summed E-state index contributed by atoms with van der Waals surface area (Å²) in [5.74, 6) is -0.0171. The maximum Gasteiger partial charge on any atom is 0.242 e.